The van der Waals surface area contributed by atoms with Gasteiger partial charge in [0.25, 0.3) is 0 Å². The van der Waals surface area contributed by atoms with Crippen LogP contribution in [-0.2, 0) is 0 Å². The van der Waals surface area contributed by atoms with Crippen LogP contribution in [0.4, 0.5) is 0 Å². The first-order chi connectivity index (χ1) is 9.22. The second kappa shape index (κ2) is 4.36. The highest BCUT2D eigenvalue weighted by atomic mass is 35.5. The minimum absolute atomic E-state index is 0.157. The molecule has 0 heterocycles. The van der Waals surface area contributed by atoms with Gasteiger partial charge in [-0.1, -0.05) is 35.3 Å². The largest absolute Gasteiger partial charge is 0.271 e. The maximum absolute atomic E-state index is 6.36. The predicted octanol–water partition coefficient (Wildman–Crippen LogP) is 3.79. The minimum Gasteiger partial charge on any atom is -0.271 e. The van der Waals surface area contributed by atoms with Crippen LogP contribution < -0.4 is 11.3 Å². The average Bonchev–Trinajstić information content (AvgIpc) is 2.82. The number of halogens is 2. The Balaban J connectivity index is 1.65. The van der Waals surface area contributed by atoms with Gasteiger partial charge < -0.3 is 0 Å². The fourth-order valence-electron chi connectivity index (χ4n) is 5.01. The summed E-state index contributed by atoms with van der Waals surface area (Å²) in [5.74, 6) is 10.1. The molecule has 0 radical (unpaired) electrons. The number of fused-ring (bicyclic) bond motifs is 5. The van der Waals surface area contributed by atoms with Crippen LogP contribution >= 0.6 is 23.2 Å². The summed E-state index contributed by atoms with van der Waals surface area (Å²) in [5.41, 5.74) is 4.07. The van der Waals surface area contributed by atoms with Crippen molar-refractivity contribution in [2.75, 3.05) is 0 Å². The van der Waals surface area contributed by atoms with Gasteiger partial charge in [0.2, 0.25) is 0 Å². The molecule has 19 heavy (non-hydrogen) atoms. The molecule has 3 fully saturated rings. The fourth-order valence-corrected chi connectivity index (χ4v) is 5.43. The molecule has 1 aromatic rings. The van der Waals surface area contributed by atoms with E-state index in [9.17, 15) is 0 Å². The molecule has 5 unspecified atom stereocenters. The standard InChI is InChI=1S/C15H18Cl2N2/c16-10-3-1-2-9(14(10)17)15(19-18)13-11-7-4-5-8(6-7)12(11)13/h1-3,7-8,11-13,15,19H,4-6,18H2. The lowest BCUT2D eigenvalue weighted by atomic mass is 9.93. The van der Waals surface area contributed by atoms with Gasteiger partial charge in [-0.05, 0) is 60.5 Å². The van der Waals surface area contributed by atoms with Crippen LogP contribution in [0.5, 0.6) is 0 Å². The Hall–Kier alpha value is -0.280. The topological polar surface area (TPSA) is 38.0 Å². The van der Waals surface area contributed by atoms with Crippen LogP contribution in [0.2, 0.25) is 10.0 Å². The highest BCUT2D eigenvalue weighted by Gasteiger charge is 2.66. The summed E-state index contributed by atoms with van der Waals surface area (Å²) in [5, 5.41) is 1.28. The number of nitrogens with two attached hydrogens (primary N) is 1. The summed E-state index contributed by atoms with van der Waals surface area (Å²) >= 11 is 12.5. The van der Waals surface area contributed by atoms with Gasteiger partial charge in [-0.15, -0.1) is 0 Å². The van der Waals surface area contributed by atoms with Crippen LogP contribution in [0.25, 0.3) is 0 Å². The third-order valence-corrected chi connectivity index (χ3v) is 6.51. The van der Waals surface area contributed by atoms with E-state index in [2.05, 4.69) is 11.5 Å². The van der Waals surface area contributed by atoms with Gasteiger partial charge in [-0.3, -0.25) is 11.3 Å². The average molecular weight is 297 g/mol. The lowest BCUT2D eigenvalue weighted by Crippen LogP contribution is -2.31. The van der Waals surface area contributed by atoms with Crippen molar-refractivity contribution in [3.8, 4) is 0 Å². The second-order valence-corrected chi connectivity index (χ2v) is 7.14. The first-order valence-corrected chi connectivity index (χ1v) is 7.88. The van der Waals surface area contributed by atoms with Gasteiger partial charge in [0.15, 0.2) is 0 Å². The van der Waals surface area contributed by atoms with E-state index in [0.29, 0.717) is 16.0 Å². The Labute approximate surface area is 123 Å². The van der Waals surface area contributed by atoms with Gasteiger partial charge in [0, 0.05) is 0 Å². The molecule has 0 spiro atoms. The van der Waals surface area contributed by atoms with Gasteiger partial charge in [-0.25, -0.2) is 0 Å². The Morgan fingerprint density at radius 2 is 1.84 bits per heavy atom. The monoisotopic (exact) mass is 296 g/mol. The molecule has 2 nitrogen and oxygen atoms in total. The van der Waals surface area contributed by atoms with Crippen molar-refractivity contribution >= 4 is 23.2 Å². The van der Waals surface area contributed by atoms with E-state index in [1.54, 1.807) is 0 Å². The number of benzene rings is 1. The Morgan fingerprint density at radius 1 is 1.16 bits per heavy atom. The second-order valence-electron chi connectivity index (χ2n) is 6.35. The van der Waals surface area contributed by atoms with Crippen molar-refractivity contribution in [1.82, 2.24) is 5.43 Å². The minimum atomic E-state index is 0.157. The van der Waals surface area contributed by atoms with Gasteiger partial charge in [-0.2, -0.15) is 0 Å². The number of hydrogen-bond acceptors (Lipinski definition) is 2. The van der Waals surface area contributed by atoms with Gasteiger partial charge >= 0.3 is 0 Å². The molecule has 0 saturated heterocycles. The molecule has 3 aliphatic rings. The molecule has 3 N–H and O–H groups in total. The van der Waals surface area contributed by atoms with E-state index in [1.807, 2.05) is 12.1 Å². The first-order valence-electron chi connectivity index (χ1n) is 7.12. The fraction of sp³-hybridized carbons (Fsp3) is 0.600. The lowest BCUT2D eigenvalue weighted by molar-refractivity contribution is 0.374. The molecule has 3 saturated carbocycles. The molecule has 0 aliphatic heterocycles. The summed E-state index contributed by atoms with van der Waals surface area (Å²) in [6, 6.07) is 6.00. The molecule has 4 rings (SSSR count). The molecular weight excluding hydrogens is 279 g/mol. The molecule has 3 aliphatic carbocycles. The van der Waals surface area contributed by atoms with E-state index in [-0.39, 0.29) is 6.04 Å². The zero-order valence-corrected chi connectivity index (χ0v) is 12.2. The third kappa shape index (κ3) is 1.70. The maximum Gasteiger partial charge on any atom is 0.0640 e. The van der Waals surface area contributed by atoms with E-state index in [1.165, 1.54) is 19.3 Å². The molecule has 5 atom stereocenters. The van der Waals surface area contributed by atoms with Crippen molar-refractivity contribution in [3.05, 3.63) is 33.8 Å². The summed E-state index contributed by atoms with van der Waals surface area (Å²) in [6.07, 6.45) is 4.29. The smallest absolute Gasteiger partial charge is 0.0640 e. The van der Waals surface area contributed by atoms with Crippen LogP contribution in [0.3, 0.4) is 0 Å². The molecule has 0 amide bonds. The molecule has 0 aromatic heterocycles. The molecule has 4 heteroatoms. The van der Waals surface area contributed by atoms with E-state index < -0.39 is 0 Å². The van der Waals surface area contributed by atoms with Gasteiger partial charge in [0.05, 0.1) is 16.1 Å². The molecule has 2 bridgehead atoms. The lowest BCUT2D eigenvalue weighted by Gasteiger charge is -2.21. The van der Waals surface area contributed by atoms with Crippen molar-refractivity contribution in [1.29, 1.82) is 0 Å². The number of rotatable bonds is 3. The van der Waals surface area contributed by atoms with Crippen LogP contribution in [0, 0.1) is 29.6 Å². The molecule has 1 aromatic carbocycles. The maximum atomic E-state index is 6.36. The normalized spacial score (nSPS) is 40.3. The Morgan fingerprint density at radius 3 is 2.47 bits per heavy atom. The quantitative estimate of drug-likeness (QED) is 0.658. The Kier molecular flexibility index (Phi) is 2.86. The number of nitrogens with one attached hydrogen (secondary N) is 1. The van der Waals surface area contributed by atoms with Crippen molar-refractivity contribution in [3.63, 3.8) is 0 Å². The van der Waals surface area contributed by atoms with E-state index >= 15 is 0 Å². The zero-order chi connectivity index (χ0) is 13.1. The highest BCUT2D eigenvalue weighted by Crippen LogP contribution is 2.72. The summed E-state index contributed by atoms with van der Waals surface area (Å²) < 4.78 is 0. The van der Waals surface area contributed by atoms with Crippen LogP contribution in [0.15, 0.2) is 18.2 Å². The SMILES string of the molecule is NNC(c1cccc(Cl)c1Cl)C1C2C3CCC(C3)C21. The van der Waals surface area contributed by atoms with Gasteiger partial charge in [0.1, 0.15) is 0 Å². The zero-order valence-electron chi connectivity index (χ0n) is 10.7. The Bertz CT molecular complexity index is 503. The van der Waals surface area contributed by atoms with Crippen LogP contribution in [-0.4, -0.2) is 0 Å². The third-order valence-electron chi connectivity index (χ3n) is 5.68. The van der Waals surface area contributed by atoms with Crippen molar-refractivity contribution in [2.45, 2.75) is 25.3 Å². The summed E-state index contributed by atoms with van der Waals surface area (Å²) in [6.45, 7) is 0. The first kappa shape index (κ1) is 12.5. The summed E-state index contributed by atoms with van der Waals surface area (Å²) in [4.78, 5) is 0. The van der Waals surface area contributed by atoms with Crippen molar-refractivity contribution < 1.29 is 0 Å². The number of hydrogen-bond donors (Lipinski definition) is 2. The summed E-state index contributed by atoms with van der Waals surface area (Å²) in [7, 11) is 0. The highest BCUT2D eigenvalue weighted by molar-refractivity contribution is 6.42. The van der Waals surface area contributed by atoms with E-state index in [4.69, 9.17) is 29.0 Å². The molecule has 102 valence electrons. The number of hydrazine groups is 1. The van der Waals surface area contributed by atoms with E-state index in [0.717, 1.165) is 29.2 Å². The van der Waals surface area contributed by atoms with Crippen molar-refractivity contribution in [2.24, 2.45) is 35.4 Å². The predicted molar refractivity (Wildman–Crippen MR) is 77.8 cm³/mol. The van der Waals surface area contributed by atoms with Crippen LogP contribution in [0.1, 0.15) is 30.9 Å². The molecular formula is C15H18Cl2N2.